The summed E-state index contributed by atoms with van der Waals surface area (Å²) in [6.45, 7) is 2.20. The van der Waals surface area contributed by atoms with Crippen LogP contribution < -0.4 is 5.32 Å². The highest BCUT2D eigenvalue weighted by molar-refractivity contribution is 5.73. The lowest BCUT2D eigenvalue weighted by atomic mass is 9.96. The maximum atomic E-state index is 4.82. The van der Waals surface area contributed by atoms with Crippen LogP contribution in [0, 0.1) is 5.92 Å². The van der Waals surface area contributed by atoms with Crippen LogP contribution in [0.1, 0.15) is 18.7 Å². The van der Waals surface area contributed by atoms with Crippen LogP contribution in [0.4, 0.5) is 0 Å². The van der Waals surface area contributed by atoms with Gasteiger partial charge < -0.3 is 5.32 Å². The van der Waals surface area contributed by atoms with E-state index in [2.05, 4.69) is 19.9 Å². The van der Waals surface area contributed by atoms with E-state index in [9.17, 15) is 0 Å². The molecule has 1 saturated heterocycles. The van der Waals surface area contributed by atoms with Crippen LogP contribution in [0.2, 0.25) is 0 Å². The van der Waals surface area contributed by atoms with E-state index in [4.69, 9.17) is 4.98 Å². The zero-order valence-electron chi connectivity index (χ0n) is 12.4. The second kappa shape index (κ2) is 5.85. The predicted molar refractivity (Wildman–Crippen MR) is 86.0 cm³/mol. The smallest absolute Gasteiger partial charge is 0.165 e. The third kappa shape index (κ3) is 2.48. The highest BCUT2D eigenvalue weighted by Crippen LogP contribution is 2.22. The Morgan fingerprint density at radius 1 is 1.14 bits per heavy atom. The van der Waals surface area contributed by atoms with Crippen molar-refractivity contribution in [3.05, 3.63) is 48.5 Å². The third-order valence-electron chi connectivity index (χ3n) is 4.23. The molecule has 4 rings (SSSR count). The molecular formula is C17H19N5. The number of hydrogen-bond acceptors (Lipinski definition) is 4. The summed E-state index contributed by atoms with van der Waals surface area (Å²) in [7, 11) is 0. The van der Waals surface area contributed by atoms with E-state index in [0.29, 0.717) is 5.92 Å². The molecule has 5 nitrogen and oxygen atoms in total. The van der Waals surface area contributed by atoms with Gasteiger partial charge in [-0.25, -0.2) is 15.0 Å². The maximum absolute atomic E-state index is 4.82. The number of nitrogens with zero attached hydrogens (tertiary/aromatic N) is 4. The van der Waals surface area contributed by atoms with Crippen molar-refractivity contribution < 1.29 is 0 Å². The topological polar surface area (TPSA) is 55.6 Å². The van der Waals surface area contributed by atoms with Gasteiger partial charge >= 0.3 is 0 Å². The number of rotatable bonds is 3. The minimum Gasteiger partial charge on any atom is -0.316 e. The fraction of sp³-hybridized carbons (Fsp3) is 0.353. The van der Waals surface area contributed by atoms with Crippen molar-refractivity contribution in [2.45, 2.75) is 19.3 Å². The Bertz CT molecular complexity index is 759. The Morgan fingerprint density at radius 2 is 2.09 bits per heavy atom. The first-order chi connectivity index (χ1) is 10.9. The van der Waals surface area contributed by atoms with Gasteiger partial charge in [-0.15, -0.1) is 0 Å². The molecule has 112 valence electrons. The largest absolute Gasteiger partial charge is 0.316 e. The lowest BCUT2D eigenvalue weighted by molar-refractivity contribution is 0.370. The number of imidazole rings is 1. The molecule has 0 aliphatic carbocycles. The zero-order valence-corrected chi connectivity index (χ0v) is 12.4. The van der Waals surface area contributed by atoms with Gasteiger partial charge in [-0.2, -0.15) is 0 Å². The number of hydrogen-bond donors (Lipinski definition) is 1. The van der Waals surface area contributed by atoms with Crippen molar-refractivity contribution >= 4 is 11.2 Å². The predicted octanol–water partition coefficient (Wildman–Crippen LogP) is 2.36. The van der Waals surface area contributed by atoms with E-state index in [1.54, 1.807) is 0 Å². The summed E-state index contributed by atoms with van der Waals surface area (Å²) in [6, 6.07) is 9.90. The minimum absolute atomic E-state index is 0.632. The van der Waals surface area contributed by atoms with Crippen molar-refractivity contribution in [1.82, 2.24) is 24.8 Å². The highest BCUT2D eigenvalue weighted by atomic mass is 15.2. The van der Waals surface area contributed by atoms with Gasteiger partial charge in [0.2, 0.25) is 0 Å². The van der Waals surface area contributed by atoms with Crippen LogP contribution in [0.5, 0.6) is 0 Å². The number of aromatic nitrogens is 4. The molecule has 3 aromatic heterocycles. The maximum Gasteiger partial charge on any atom is 0.165 e. The summed E-state index contributed by atoms with van der Waals surface area (Å²) >= 11 is 0. The Kier molecular flexibility index (Phi) is 3.56. The highest BCUT2D eigenvalue weighted by Gasteiger charge is 2.20. The second-order valence-electron chi connectivity index (χ2n) is 5.81. The second-order valence-corrected chi connectivity index (χ2v) is 5.81. The minimum atomic E-state index is 0.632. The molecule has 0 saturated carbocycles. The Labute approximate surface area is 129 Å². The van der Waals surface area contributed by atoms with Crippen LogP contribution >= 0.6 is 0 Å². The van der Waals surface area contributed by atoms with Gasteiger partial charge in [0.25, 0.3) is 0 Å². The molecule has 22 heavy (non-hydrogen) atoms. The fourth-order valence-corrected chi connectivity index (χ4v) is 3.18. The summed E-state index contributed by atoms with van der Waals surface area (Å²) in [6.07, 6.45) is 7.09. The fourth-order valence-electron chi connectivity index (χ4n) is 3.18. The number of fused-ring (bicyclic) bond motifs is 1. The summed E-state index contributed by atoms with van der Waals surface area (Å²) in [5.74, 6) is 2.58. The van der Waals surface area contributed by atoms with Crippen molar-refractivity contribution in [2.75, 3.05) is 13.1 Å². The lowest BCUT2D eigenvalue weighted by Gasteiger charge is -2.22. The van der Waals surface area contributed by atoms with E-state index in [1.807, 2.05) is 42.7 Å². The average Bonchev–Trinajstić information content (AvgIpc) is 2.94. The van der Waals surface area contributed by atoms with Gasteiger partial charge in [-0.1, -0.05) is 6.07 Å². The molecule has 0 radical (unpaired) electrons. The van der Waals surface area contributed by atoms with Crippen molar-refractivity contribution in [3.8, 4) is 5.82 Å². The number of nitrogens with one attached hydrogen (secondary N) is 1. The molecule has 1 N–H and O–H groups in total. The Hall–Kier alpha value is -2.27. The van der Waals surface area contributed by atoms with Gasteiger partial charge in [0.15, 0.2) is 5.65 Å². The number of pyridine rings is 2. The van der Waals surface area contributed by atoms with Crippen LogP contribution in [-0.2, 0) is 6.42 Å². The first kappa shape index (κ1) is 13.4. The standard InChI is InChI=1S/C17H19N5/c1-2-9-19-15(7-1)22-16(11-13-5-3-8-18-12-13)21-14-6-4-10-20-17(14)22/h1-2,4,6-7,9-10,13,18H,3,5,8,11-12H2. The first-order valence-corrected chi connectivity index (χ1v) is 7.86. The van der Waals surface area contributed by atoms with Gasteiger partial charge in [-0.3, -0.25) is 4.57 Å². The van der Waals surface area contributed by atoms with E-state index in [0.717, 1.165) is 42.3 Å². The molecule has 1 unspecified atom stereocenters. The molecule has 4 heterocycles. The van der Waals surface area contributed by atoms with E-state index >= 15 is 0 Å². The summed E-state index contributed by atoms with van der Waals surface area (Å²) < 4.78 is 2.10. The molecule has 1 aliphatic rings. The lowest BCUT2D eigenvalue weighted by Crippen LogP contribution is -2.31. The van der Waals surface area contributed by atoms with E-state index < -0.39 is 0 Å². The molecule has 0 aromatic carbocycles. The van der Waals surface area contributed by atoms with Gasteiger partial charge in [-0.05, 0) is 56.1 Å². The van der Waals surface area contributed by atoms with E-state index in [1.165, 1.54) is 12.8 Å². The third-order valence-corrected chi connectivity index (χ3v) is 4.23. The summed E-state index contributed by atoms with van der Waals surface area (Å²) in [5.41, 5.74) is 1.83. The molecule has 1 aliphatic heterocycles. The van der Waals surface area contributed by atoms with E-state index in [-0.39, 0.29) is 0 Å². The van der Waals surface area contributed by atoms with Crippen LogP contribution in [-0.4, -0.2) is 32.6 Å². The number of piperidine rings is 1. The molecule has 0 bridgehead atoms. The quantitative estimate of drug-likeness (QED) is 0.805. The molecule has 0 amide bonds. The molecule has 5 heteroatoms. The molecular weight excluding hydrogens is 274 g/mol. The normalized spacial score (nSPS) is 18.6. The van der Waals surface area contributed by atoms with Gasteiger partial charge in [0.05, 0.1) is 0 Å². The summed E-state index contributed by atoms with van der Waals surface area (Å²) in [5, 5.41) is 3.48. The monoisotopic (exact) mass is 293 g/mol. The zero-order chi connectivity index (χ0) is 14.8. The van der Waals surface area contributed by atoms with Crippen LogP contribution in [0.25, 0.3) is 17.0 Å². The van der Waals surface area contributed by atoms with Crippen molar-refractivity contribution in [1.29, 1.82) is 0 Å². The van der Waals surface area contributed by atoms with Crippen molar-refractivity contribution in [2.24, 2.45) is 5.92 Å². The molecule has 1 fully saturated rings. The summed E-state index contributed by atoms with van der Waals surface area (Å²) in [4.78, 5) is 13.8. The van der Waals surface area contributed by atoms with Gasteiger partial charge in [0, 0.05) is 18.8 Å². The first-order valence-electron chi connectivity index (χ1n) is 7.86. The Balaban J connectivity index is 1.79. The molecule has 3 aromatic rings. The van der Waals surface area contributed by atoms with Gasteiger partial charge in [0.1, 0.15) is 17.2 Å². The van der Waals surface area contributed by atoms with Crippen LogP contribution in [0.3, 0.4) is 0 Å². The molecule has 1 atom stereocenters. The van der Waals surface area contributed by atoms with Crippen molar-refractivity contribution in [3.63, 3.8) is 0 Å². The average molecular weight is 293 g/mol. The van der Waals surface area contributed by atoms with Crippen LogP contribution in [0.15, 0.2) is 42.7 Å². The Morgan fingerprint density at radius 3 is 2.91 bits per heavy atom. The SMILES string of the molecule is c1ccc(-n2c(CC3CCCNC3)nc3cccnc32)nc1. The molecule has 0 spiro atoms.